The molecule has 0 saturated carbocycles. The third-order valence-electron chi connectivity index (χ3n) is 4.68. The average Bonchev–Trinajstić information content (AvgIpc) is 2.77. The first-order valence-corrected chi connectivity index (χ1v) is 11.1. The van der Waals surface area contributed by atoms with Crippen molar-refractivity contribution in [3.05, 3.63) is 101 Å². The minimum atomic E-state index is -4.02. The Kier molecular flexibility index (Phi) is 5.63. The number of Topliss-reactive ketones (excluding diaryl/α,β-unsaturated/α-hetero) is 1. The molecule has 0 aliphatic heterocycles. The van der Waals surface area contributed by atoms with Gasteiger partial charge in [0.1, 0.15) is 5.75 Å². The molecule has 4 rings (SSSR count). The SMILES string of the molecule is COc1ccccc1NC1=C/C(=N\S(=O)(=O)c2ccc(Cl)cc2)c2ccccc2C1=O. The molecule has 1 aliphatic rings. The number of ketones is 1. The van der Waals surface area contributed by atoms with E-state index in [9.17, 15) is 13.2 Å². The number of anilines is 1. The van der Waals surface area contributed by atoms with Crippen molar-refractivity contribution in [1.29, 1.82) is 0 Å². The zero-order chi connectivity index (χ0) is 22.0. The van der Waals surface area contributed by atoms with E-state index in [4.69, 9.17) is 16.3 Å². The molecule has 3 aromatic carbocycles. The minimum Gasteiger partial charge on any atom is -0.495 e. The van der Waals surface area contributed by atoms with Crippen LogP contribution in [0.4, 0.5) is 5.69 Å². The van der Waals surface area contributed by atoms with E-state index in [1.54, 1.807) is 42.5 Å². The topological polar surface area (TPSA) is 84.8 Å². The van der Waals surface area contributed by atoms with Gasteiger partial charge in [0, 0.05) is 16.1 Å². The van der Waals surface area contributed by atoms with E-state index in [1.807, 2.05) is 6.07 Å². The fourth-order valence-electron chi connectivity index (χ4n) is 3.18. The van der Waals surface area contributed by atoms with Gasteiger partial charge in [-0.2, -0.15) is 12.8 Å². The van der Waals surface area contributed by atoms with Crippen molar-refractivity contribution in [1.82, 2.24) is 0 Å². The van der Waals surface area contributed by atoms with Crippen molar-refractivity contribution in [2.75, 3.05) is 12.4 Å². The first kappa shape index (κ1) is 20.8. The summed E-state index contributed by atoms with van der Waals surface area (Å²) in [7, 11) is -2.50. The maximum absolute atomic E-state index is 13.0. The van der Waals surface area contributed by atoms with Gasteiger partial charge in [-0.3, -0.25) is 4.79 Å². The molecule has 0 bridgehead atoms. The molecular weight excluding hydrogens is 436 g/mol. The van der Waals surface area contributed by atoms with Gasteiger partial charge in [0.2, 0.25) is 5.78 Å². The normalized spacial score (nSPS) is 14.7. The number of sulfonamides is 1. The summed E-state index contributed by atoms with van der Waals surface area (Å²) in [4.78, 5) is 13.1. The highest BCUT2D eigenvalue weighted by Crippen LogP contribution is 2.29. The molecule has 3 aromatic rings. The highest BCUT2D eigenvalue weighted by Gasteiger charge is 2.26. The summed E-state index contributed by atoms with van der Waals surface area (Å²) in [6.07, 6.45) is 1.44. The molecule has 8 heteroatoms. The van der Waals surface area contributed by atoms with Crippen molar-refractivity contribution in [2.24, 2.45) is 4.40 Å². The quantitative estimate of drug-likeness (QED) is 0.605. The number of allylic oxidation sites excluding steroid dienone is 2. The Morgan fingerprint density at radius 1 is 0.903 bits per heavy atom. The summed E-state index contributed by atoms with van der Waals surface area (Å²) in [6.45, 7) is 0. The number of carbonyl (C=O) groups excluding carboxylic acids is 1. The van der Waals surface area contributed by atoms with Crippen LogP contribution < -0.4 is 10.1 Å². The van der Waals surface area contributed by atoms with Crippen molar-refractivity contribution >= 4 is 38.8 Å². The predicted molar refractivity (Wildman–Crippen MR) is 121 cm³/mol. The molecule has 0 aromatic heterocycles. The summed E-state index contributed by atoms with van der Waals surface area (Å²) in [5.74, 6) is 0.270. The molecule has 0 unspecified atom stereocenters. The summed E-state index contributed by atoms with van der Waals surface area (Å²) >= 11 is 5.86. The number of nitrogens with zero attached hydrogens (tertiary/aromatic N) is 1. The zero-order valence-corrected chi connectivity index (χ0v) is 17.9. The van der Waals surface area contributed by atoms with E-state index in [0.717, 1.165) is 0 Å². The Hall–Kier alpha value is -3.42. The highest BCUT2D eigenvalue weighted by atomic mass is 35.5. The van der Waals surface area contributed by atoms with Crippen LogP contribution in [0, 0.1) is 0 Å². The molecule has 0 fully saturated rings. The van der Waals surface area contributed by atoms with Gasteiger partial charge in [-0.15, -0.1) is 0 Å². The minimum absolute atomic E-state index is 0.00594. The maximum Gasteiger partial charge on any atom is 0.282 e. The molecule has 0 saturated heterocycles. The molecule has 1 aliphatic carbocycles. The summed E-state index contributed by atoms with van der Waals surface area (Å²) in [6, 6.07) is 19.6. The third kappa shape index (κ3) is 4.23. The van der Waals surface area contributed by atoms with Crippen LogP contribution in [0.5, 0.6) is 5.75 Å². The number of ether oxygens (including phenoxy) is 1. The van der Waals surface area contributed by atoms with Crippen LogP contribution in [0.3, 0.4) is 0 Å². The van der Waals surface area contributed by atoms with Gasteiger partial charge in [0.05, 0.1) is 29.1 Å². The molecule has 0 heterocycles. The number of fused-ring (bicyclic) bond motifs is 1. The van der Waals surface area contributed by atoms with Gasteiger partial charge in [0.25, 0.3) is 10.0 Å². The first-order chi connectivity index (χ1) is 14.9. The number of hydrogen-bond acceptors (Lipinski definition) is 5. The molecule has 0 spiro atoms. The third-order valence-corrected chi connectivity index (χ3v) is 6.24. The van der Waals surface area contributed by atoms with Crippen LogP contribution in [0.15, 0.2) is 93.9 Å². The van der Waals surface area contributed by atoms with Crippen molar-refractivity contribution in [2.45, 2.75) is 4.90 Å². The van der Waals surface area contributed by atoms with Crippen molar-refractivity contribution in [3.8, 4) is 5.75 Å². The molecular formula is C23H17ClN2O4S. The highest BCUT2D eigenvalue weighted by molar-refractivity contribution is 7.90. The Bertz CT molecular complexity index is 1330. The monoisotopic (exact) mass is 452 g/mol. The largest absolute Gasteiger partial charge is 0.495 e. The van der Waals surface area contributed by atoms with Crippen LogP contribution >= 0.6 is 11.6 Å². The number of methoxy groups -OCH3 is 1. The second kappa shape index (κ2) is 8.37. The fraction of sp³-hybridized carbons (Fsp3) is 0.0435. The molecule has 31 heavy (non-hydrogen) atoms. The second-order valence-electron chi connectivity index (χ2n) is 6.66. The predicted octanol–water partition coefficient (Wildman–Crippen LogP) is 4.72. The van der Waals surface area contributed by atoms with E-state index in [1.165, 1.54) is 37.5 Å². The van der Waals surface area contributed by atoms with E-state index < -0.39 is 10.0 Å². The molecule has 0 atom stereocenters. The number of nitrogens with one attached hydrogen (secondary N) is 1. The fourth-order valence-corrected chi connectivity index (χ4v) is 4.30. The van der Waals surface area contributed by atoms with Gasteiger partial charge < -0.3 is 10.1 Å². The number of para-hydroxylation sites is 2. The molecule has 0 amide bonds. The average molecular weight is 453 g/mol. The van der Waals surface area contributed by atoms with Crippen LogP contribution in [-0.4, -0.2) is 27.0 Å². The van der Waals surface area contributed by atoms with Gasteiger partial charge >= 0.3 is 0 Å². The summed E-state index contributed by atoms with van der Waals surface area (Å²) in [5, 5.41) is 3.47. The van der Waals surface area contributed by atoms with E-state index in [-0.39, 0.29) is 22.1 Å². The number of halogens is 1. The maximum atomic E-state index is 13.0. The van der Waals surface area contributed by atoms with Crippen LogP contribution in [0.1, 0.15) is 15.9 Å². The van der Waals surface area contributed by atoms with Gasteiger partial charge in [0.15, 0.2) is 0 Å². The lowest BCUT2D eigenvalue weighted by molar-refractivity contribution is 0.103. The van der Waals surface area contributed by atoms with Crippen LogP contribution in [-0.2, 0) is 10.0 Å². The number of carbonyl (C=O) groups is 1. The van der Waals surface area contributed by atoms with Crippen molar-refractivity contribution in [3.63, 3.8) is 0 Å². The molecule has 1 N–H and O–H groups in total. The summed E-state index contributed by atoms with van der Waals surface area (Å²) < 4.78 is 35.1. The van der Waals surface area contributed by atoms with Crippen molar-refractivity contribution < 1.29 is 17.9 Å². The summed E-state index contributed by atoms with van der Waals surface area (Å²) in [5.41, 5.74) is 1.71. The lowest BCUT2D eigenvalue weighted by atomic mass is 9.92. The lowest BCUT2D eigenvalue weighted by Crippen LogP contribution is -2.22. The first-order valence-electron chi connectivity index (χ1n) is 9.25. The molecule has 6 nitrogen and oxygen atoms in total. The van der Waals surface area contributed by atoms with Gasteiger partial charge in [-0.25, -0.2) is 0 Å². The standard InChI is InChI=1S/C23H17ClN2O4S/c1-30-22-9-5-4-8-19(22)25-21-14-20(17-6-2-3-7-18(17)23(21)27)26-31(28,29)16-12-10-15(24)11-13-16/h2-14,25H,1H3/b26-20+. The zero-order valence-electron chi connectivity index (χ0n) is 16.4. The smallest absolute Gasteiger partial charge is 0.282 e. The Morgan fingerprint density at radius 3 is 2.26 bits per heavy atom. The number of hydrogen-bond donors (Lipinski definition) is 1. The Morgan fingerprint density at radius 2 is 1.55 bits per heavy atom. The van der Waals surface area contributed by atoms with E-state index in [2.05, 4.69) is 9.71 Å². The van der Waals surface area contributed by atoms with Crippen LogP contribution in [0.25, 0.3) is 0 Å². The molecule has 0 radical (unpaired) electrons. The van der Waals surface area contributed by atoms with Crippen LogP contribution in [0.2, 0.25) is 5.02 Å². The second-order valence-corrected chi connectivity index (χ2v) is 8.70. The lowest BCUT2D eigenvalue weighted by Gasteiger charge is -2.19. The Labute approximate surface area is 184 Å². The van der Waals surface area contributed by atoms with E-state index >= 15 is 0 Å². The number of rotatable bonds is 5. The van der Waals surface area contributed by atoms with Gasteiger partial charge in [-0.1, -0.05) is 48.0 Å². The molecule has 156 valence electrons. The van der Waals surface area contributed by atoms with Gasteiger partial charge in [-0.05, 0) is 42.5 Å². The van der Waals surface area contributed by atoms with E-state index in [0.29, 0.717) is 27.6 Å². The Balaban J connectivity index is 1.82. The number of benzene rings is 3.